The third-order valence-electron chi connectivity index (χ3n) is 3.33. The average molecular weight is 328 g/mol. The fraction of sp³-hybridized carbons (Fsp3) is 0.333. The van der Waals surface area contributed by atoms with Gasteiger partial charge < -0.3 is 20.1 Å². The molecule has 0 aliphatic heterocycles. The van der Waals surface area contributed by atoms with E-state index in [1.54, 1.807) is 0 Å². The van der Waals surface area contributed by atoms with Crippen LogP contribution in [0.5, 0.6) is 0 Å². The number of aliphatic hydroxyl groups is 1. The molecule has 0 aromatic heterocycles. The Morgan fingerprint density at radius 2 is 1.50 bits per heavy atom. The predicted octanol–water partition coefficient (Wildman–Crippen LogP) is 3.59. The van der Waals surface area contributed by atoms with Crippen LogP contribution in [-0.4, -0.2) is 45.6 Å². The predicted molar refractivity (Wildman–Crippen MR) is 97.8 cm³/mol. The van der Waals surface area contributed by atoms with Crippen LogP contribution in [0, 0.1) is 0 Å². The lowest BCUT2D eigenvalue weighted by Crippen LogP contribution is -2.11. The summed E-state index contributed by atoms with van der Waals surface area (Å²) in [7, 11) is 4.01. The Morgan fingerprint density at radius 3 is 2.04 bits per heavy atom. The van der Waals surface area contributed by atoms with Crippen molar-refractivity contribution < 1.29 is 9.84 Å². The third-order valence-corrected chi connectivity index (χ3v) is 3.33. The van der Waals surface area contributed by atoms with E-state index in [-0.39, 0.29) is 6.61 Å². The number of nitrogens with one attached hydrogen (secondary N) is 1. The normalized spacial score (nSPS) is 11.0. The summed E-state index contributed by atoms with van der Waals surface area (Å²) in [5.74, 6) is 0. The maximum Gasteiger partial charge on any atom is 0.0858 e. The van der Waals surface area contributed by atoms with Gasteiger partial charge in [0.05, 0.1) is 31.2 Å². The molecule has 2 aromatic carbocycles. The van der Waals surface area contributed by atoms with E-state index in [0.29, 0.717) is 19.8 Å². The van der Waals surface area contributed by atoms with Gasteiger partial charge in [0.25, 0.3) is 0 Å². The summed E-state index contributed by atoms with van der Waals surface area (Å²) in [6, 6.07) is 15.6. The van der Waals surface area contributed by atoms with Crippen molar-refractivity contribution in [2.45, 2.75) is 0 Å². The van der Waals surface area contributed by atoms with Crippen molar-refractivity contribution in [3.05, 3.63) is 48.5 Å². The summed E-state index contributed by atoms with van der Waals surface area (Å²) >= 11 is 0. The van der Waals surface area contributed by atoms with Crippen LogP contribution in [0.25, 0.3) is 0 Å². The van der Waals surface area contributed by atoms with Crippen LogP contribution in [0.15, 0.2) is 58.8 Å². The molecule has 0 bridgehead atoms. The second kappa shape index (κ2) is 9.64. The zero-order valence-electron chi connectivity index (χ0n) is 14.1. The highest BCUT2D eigenvalue weighted by Crippen LogP contribution is 2.22. The minimum atomic E-state index is 0.0531. The minimum absolute atomic E-state index is 0.0531. The van der Waals surface area contributed by atoms with E-state index < -0.39 is 0 Å². The van der Waals surface area contributed by atoms with Gasteiger partial charge in [-0.15, -0.1) is 0 Å². The molecule has 24 heavy (non-hydrogen) atoms. The van der Waals surface area contributed by atoms with Gasteiger partial charge in [-0.1, -0.05) is 0 Å². The number of rotatable bonds is 9. The van der Waals surface area contributed by atoms with Gasteiger partial charge in [-0.05, 0) is 48.5 Å². The van der Waals surface area contributed by atoms with Crippen molar-refractivity contribution in [2.75, 3.05) is 50.7 Å². The number of aliphatic hydroxyl groups excluding tert-OH is 1. The molecule has 0 saturated heterocycles. The molecule has 0 aliphatic rings. The molecule has 0 unspecified atom stereocenters. The molecule has 0 aliphatic carbocycles. The Kier molecular flexibility index (Phi) is 7.20. The second-order valence-electron chi connectivity index (χ2n) is 5.42. The first-order valence-electron chi connectivity index (χ1n) is 7.91. The number of hydrogen-bond donors (Lipinski definition) is 2. The number of anilines is 2. The quantitative estimate of drug-likeness (QED) is 0.545. The first-order valence-corrected chi connectivity index (χ1v) is 7.91. The maximum atomic E-state index is 8.62. The van der Waals surface area contributed by atoms with E-state index in [9.17, 15) is 0 Å². The summed E-state index contributed by atoms with van der Waals surface area (Å²) < 4.78 is 5.19. The van der Waals surface area contributed by atoms with Gasteiger partial charge in [0.1, 0.15) is 0 Å². The Balaban J connectivity index is 1.84. The van der Waals surface area contributed by atoms with Gasteiger partial charge in [0.2, 0.25) is 0 Å². The molecule has 0 atom stereocenters. The van der Waals surface area contributed by atoms with Crippen molar-refractivity contribution in [3.8, 4) is 0 Å². The zero-order valence-corrected chi connectivity index (χ0v) is 14.1. The number of nitrogens with zero attached hydrogens (tertiary/aromatic N) is 3. The Labute approximate surface area is 142 Å². The minimum Gasteiger partial charge on any atom is -0.394 e. The maximum absolute atomic E-state index is 8.62. The average Bonchev–Trinajstić information content (AvgIpc) is 2.61. The number of ether oxygens (including phenoxy) is 1. The van der Waals surface area contributed by atoms with Gasteiger partial charge >= 0.3 is 0 Å². The first-order chi connectivity index (χ1) is 11.7. The number of azo groups is 1. The summed E-state index contributed by atoms with van der Waals surface area (Å²) in [4.78, 5) is 2.04. The molecule has 0 heterocycles. The van der Waals surface area contributed by atoms with E-state index in [1.165, 1.54) is 0 Å². The van der Waals surface area contributed by atoms with Crippen molar-refractivity contribution >= 4 is 22.7 Å². The van der Waals surface area contributed by atoms with Gasteiger partial charge in [-0.25, -0.2) is 0 Å². The largest absolute Gasteiger partial charge is 0.394 e. The number of hydrogen-bond acceptors (Lipinski definition) is 6. The molecule has 2 aromatic rings. The Morgan fingerprint density at radius 1 is 0.917 bits per heavy atom. The summed E-state index contributed by atoms with van der Waals surface area (Å²) in [5, 5.41) is 20.3. The van der Waals surface area contributed by atoms with Gasteiger partial charge in [0.15, 0.2) is 0 Å². The van der Waals surface area contributed by atoms with Crippen molar-refractivity contribution in [1.82, 2.24) is 0 Å². The summed E-state index contributed by atoms with van der Waals surface area (Å²) in [5.41, 5.74) is 3.75. The van der Waals surface area contributed by atoms with Crippen LogP contribution in [0.1, 0.15) is 0 Å². The first kappa shape index (κ1) is 17.9. The molecule has 2 N–H and O–H groups in total. The zero-order chi connectivity index (χ0) is 17.2. The smallest absolute Gasteiger partial charge is 0.0858 e. The van der Waals surface area contributed by atoms with E-state index in [2.05, 4.69) is 15.5 Å². The van der Waals surface area contributed by atoms with Crippen LogP contribution >= 0.6 is 0 Å². The van der Waals surface area contributed by atoms with Crippen molar-refractivity contribution in [2.24, 2.45) is 10.2 Å². The Bertz CT molecular complexity index is 624. The second-order valence-corrected chi connectivity index (χ2v) is 5.42. The molecular weight excluding hydrogens is 304 g/mol. The van der Waals surface area contributed by atoms with E-state index in [4.69, 9.17) is 9.84 Å². The molecule has 0 fully saturated rings. The SMILES string of the molecule is CN(C)c1ccc(/N=N\c2ccc(NCCOCCO)cc2)cc1. The number of benzene rings is 2. The third kappa shape index (κ3) is 5.98. The van der Waals surface area contributed by atoms with E-state index >= 15 is 0 Å². The molecule has 6 heteroatoms. The van der Waals surface area contributed by atoms with Gasteiger partial charge in [-0.3, -0.25) is 0 Å². The lowest BCUT2D eigenvalue weighted by Gasteiger charge is -2.11. The van der Waals surface area contributed by atoms with Crippen LogP contribution in [0.3, 0.4) is 0 Å². The molecule has 6 nitrogen and oxygen atoms in total. The van der Waals surface area contributed by atoms with Gasteiger partial charge in [-0.2, -0.15) is 10.2 Å². The molecule has 0 saturated carbocycles. The van der Waals surface area contributed by atoms with E-state index in [0.717, 1.165) is 22.7 Å². The highest BCUT2D eigenvalue weighted by Gasteiger charge is 1.96. The lowest BCUT2D eigenvalue weighted by atomic mass is 10.3. The van der Waals surface area contributed by atoms with E-state index in [1.807, 2.05) is 67.5 Å². The van der Waals surface area contributed by atoms with Crippen LogP contribution in [0.4, 0.5) is 22.7 Å². The Hall–Kier alpha value is -2.44. The summed E-state index contributed by atoms with van der Waals surface area (Å²) in [6.07, 6.45) is 0. The van der Waals surface area contributed by atoms with Crippen LogP contribution in [-0.2, 0) is 4.74 Å². The molecule has 0 spiro atoms. The summed E-state index contributed by atoms with van der Waals surface area (Å²) in [6.45, 7) is 1.68. The highest BCUT2D eigenvalue weighted by atomic mass is 16.5. The molecule has 0 radical (unpaired) electrons. The van der Waals surface area contributed by atoms with Crippen molar-refractivity contribution in [3.63, 3.8) is 0 Å². The van der Waals surface area contributed by atoms with Gasteiger partial charge in [0, 0.05) is 32.0 Å². The van der Waals surface area contributed by atoms with Crippen LogP contribution < -0.4 is 10.2 Å². The molecular formula is C18H24N4O2. The fourth-order valence-corrected chi connectivity index (χ4v) is 2.01. The molecule has 2 rings (SSSR count). The molecule has 0 amide bonds. The van der Waals surface area contributed by atoms with Crippen LogP contribution in [0.2, 0.25) is 0 Å². The monoisotopic (exact) mass is 328 g/mol. The topological polar surface area (TPSA) is 69.5 Å². The molecule has 128 valence electrons. The standard InChI is InChI=1S/C18H24N4O2/c1-22(2)18-9-7-17(8-10-18)21-20-16-5-3-15(4-6-16)19-11-13-24-14-12-23/h3-10,19,23H,11-14H2,1-2H3/b21-20-. The fourth-order valence-electron chi connectivity index (χ4n) is 2.01. The lowest BCUT2D eigenvalue weighted by molar-refractivity contribution is 0.0992. The highest BCUT2D eigenvalue weighted by molar-refractivity contribution is 5.53. The van der Waals surface area contributed by atoms with Crippen molar-refractivity contribution in [1.29, 1.82) is 0 Å².